The molecule has 0 radical (unpaired) electrons. The first-order chi connectivity index (χ1) is 8.61. The van der Waals surface area contributed by atoms with Gasteiger partial charge in [0.1, 0.15) is 17.4 Å². The molecular formula is C13H12F2N2O. The van der Waals surface area contributed by atoms with Gasteiger partial charge in [-0.15, -0.1) is 0 Å². The summed E-state index contributed by atoms with van der Waals surface area (Å²) in [6, 6.07) is 6.12. The van der Waals surface area contributed by atoms with E-state index in [-0.39, 0.29) is 0 Å². The van der Waals surface area contributed by atoms with Crippen LogP contribution in [0.2, 0.25) is 0 Å². The number of hydrogen-bond acceptors (Lipinski definition) is 3. The number of ether oxygens (including phenoxy) is 1. The Balaban J connectivity index is 2.41. The van der Waals surface area contributed by atoms with Gasteiger partial charge in [0.15, 0.2) is 0 Å². The van der Waals surface area contributed by atoms with Gasteiger partial charge in [0.05, 0.1) is 25.0 Å². The molecule has 0 fully saturated rings. The van der Waals surface area contributed by atoms with Gasteiger partial charge in [0, 0.05) is 5.56 Å². The molecule has 1 heterocycles. The van der Waals surface area contributed by atoms with Crippen LogP contribution < -0.4 is 10.5 Å². The summed E-state index contributed by atoms with van der Waals surface area (Å²) >= 11 is 0. The van der Waals surface area contributed by atoms with Gasteiger partial charge in [-0.25, -0.2) is 8.78 Å². The zero-order chi connectivity index (χ0) is 13.1. The van der Waals surface area contributed by atoms with E-state index in [1.165, 1.54) is 37.4 Å². The number of nitrogens with zero attached hydrogens (tertiary/aromatic N) is 1. The fourth-order valence-corrected chi connectivity index (χ4v) is 1.68. The normalized spacial score (nSPS) is 12.2. The highest BCUT2D eigenvalue weighted by Crippen LogP contribution is 2.28. The molecule has 1 atom stereocenters. The first-order valence-electron chi connectivity index (χ1n) is 5.32. The molecule has 2 rings (SSSR count). The van der Waals surface area contributed by atoms with Gasteiger partial charge in [0.25, 0.3) is 0 Å². The van der Waals surface area contributed by atoms with E-state index in [0.29, 0.717) is 17.0 Å². The van der Waals surface area contributed by atoms with Crippen molar-refractivity contribution in [1.82, 2.24) is 4.98 Å². The van der Waals surface area contributed by atoms with Crippen LogP contribution in [0.15, 0.2) is 36.5 Å². The predicted octanol–water partition coefficient (Wildman–Crippen LogP) is 2.42. The van der Waals surface area contributed by atoms with Crippen molar-refractivity contribution in [3.05, 3.63) is 59.4 Å². The molecule has 1 aromatic heterocycles. The van der Waals surface area contributed by atoms with Gasteiger partial charge >= 0.3 is 0 Å². The monoisotopic (exact) mass is 250 g/mol. The molecule has 0 bridgehead atoms. The molecule has 5 heteroatoms. The van der Waals surface area contributed by atoms with Crippen LogP contribution in [0.5, 0.6) is 5.75 Å². The number of halogens is 2. The number of hydrogen-bond donors (Lipinski definition) is 1. The second-order valence-electron chi connectivity index (χ2n) is 3.77. The molecule has 0 aliphatic heterocycles. The van der Waals surface area contributed by atoms with Crippen molar-refractivity contribution in [3.8, 4) is 5.75 Å². The molecule has 2 N–H and O–H groups in total. The number of benzene rings is 1. The van der Waals surface area contributed by atoms with Gasteiger partial charge < -0.3 is 10.5 Å². The Morgan fingerprint density at radius 2 is 1.89 bits per heavy atom. The van der Waals surface area contributed by atoms with Gasteiger partial charge in [-0.05, 0) is 30.3 Å². The van der Waals surface area contributed by atoms with Gasteiger partial charge in [0.2, 0.25) is 0 Å². The minimum absolute atomic E-state index is 0.414. The molecular weight excluding hydrogens is 238 g/mol. The van der Waals surface area contributed by atoms with Crippen LogP contribution >= 0.6 is 0 Å². The van der Waals surface area contributed by atoms with E-state index in [9.17, 15) is 8.78 Å². The number of nitrogens with two attached hydrogens (primary N) is 1. The summed E-state index contributed by atoms with van der Waals surface area (Å²) in [6.07, 6.45) is 1.07. The number of methoxy groups -OCH3 is 1. The van der Waals surface area contributed by atoms with Gasteiger partial charge in [-0.1, -0.05) is 0 Å². The predicted molar refractivity (Wildman–Crippen MR) is 63.2 cm³/mol. The standard InChI is InChI=1S/C13H12F2N2O/c1-18-12-5-3-8(14)6-10(12)13(16)11-4-2-9(15)7-17-11/h2-7,13H,16H2,1H3. The molecule has 94 valence electrons. The van der Waals surface area contributed by atoms with E-state index >= 15 is 0 Å². The lowest BCUT2D eigenvalue weighted by Gasteiger charge is -2.15. The summed E-state index contributed by atoms with van der Waals surface area (Å²) in [5.74, 6) is -0.393. The van der Waals surface area contributed by atoms with Crippen molar-refractivity contribution >= 4 is 0 Å². The van der Waals surface area contributed by atoms with Crippen LogP contribution in [-0.4, -0.2) is 12.1 Å². The van der Waals surface area contributed by atoms with Crippen molar-refractivity contribution in [3.63, 3.8) is 0 Å². The van der Waals surface area contributed by atoms with Crippen molar-refractivity contribution in [2.24, 2.45) is 5.73 Å². The van der Waals surface area contributed by atoms with Crippen LogP contribution in [-0.2, 0) is 0 Å². The molecule has 1 aromatic carbocycles. The van der Waals surface area contributed by atoms with Crippen molar-refractivity contribution < 1.29 is 13.5 Å². The summed E-state index contributed by atoms with van der Waals surface area (Å²) in [5, 5.41) is 0. The Morgan fingerprint density at radius 3 is 2.50 bits per heavy atom. The maximum atomic E-state index is 13.2. The topological polar surface area (TPSA) is 48.1 Å². The summed E-state index contributed by atoms with van der Waals surface area (Å²) < 4.78 is 31.1. The second kappa shape index (κ2) is 5.10. The minimum Gasteiger partial charge on any atom is -0.496 e. The van der Waals surface area contributed by atoms with Crippen molar-refractivity contribution in [2.75, 3.05) is 7.11 Å². The highest BCUT2D eigenvalue weighted by atomic mass is 19.1. The van der Waals surface area contributed by atoms with E-state index in [1.54, 1.807) is 0 Å². The highest BCUT2D eigenvalue weighted by molar-refractivity contribution is 5.40. The molecule has 0 saturated heterocycles. The zero-order valence-corrected chi connectivity index (χ0v) is 9.73. The molecule has 2 aromatic rings. The Morgan fingerprint density at radius 1 is 1.17 bits per heavy atom. The number of pyridine rings is 1. The number of rotatable bonds is 3. The molecule has 0 aliphatic rings. The summed E-state index contributed by atoms with van der Waals surface area (Å²) in [4.78, 5) is 3.88. The van der Waals surface area contributed by atoms with Crippen molar-refractivity contribution in [1.29, 1.82) is 0 Å². The van der Waals surface area contributed by atoms with Gasteiger partial charge in [-0.2, -0.15) is 0 Å². The molecule has 0 spiro atoms. The van der Waals surface area contributed by atoms with E-state index in [1.807, 2.05) is 0 Å². The van der Waals surface area contributed by atoms with Crippen LogP contribution in [0.3, 0.4) is 0 Å². The fourth-order valence-electron chi connectivity index (χ4n) is 1.68. The lowest BCUT2D eigenvalue weighted by atomic mass is 10.0. The van der Waals surface area contributed by atoms with E-state index in [2.05, 4.69) is 4.98 Å². The van der Waals surface area contributed by atoms with Crippen LogP contribution in [0.4, 0.5) is 8.78 Å². The summed E-state index contributed by atoms with van der Waals surface area (Å²) in [5.41, 5.74) is 6.89. The maximum Gasteiger partial charge on any atom is 0.141 e. The van der Waals surface area contributed by atoms with E-state index in [4.69, 9.17) is 10.5 Å². The Bertz CT molecular complexity index is 543. The molecule has 0 amide bonds. The largest absolute Gasteiger partial charge is 0.496 e. The molecule has 1 unspecified atom stereocenters. The molecule has 3 nitrogen and oxygen atoms in total. The second-order valence-corrected chi connectivity index (χ2v) is 3.77. The van der Waals surface area contributed by atoms with E-state index in [0.717, 1.165) is 6.20 Å². The summed E-state index contributed by atoms with van der Waals surface area (Å²) in [6.45, 7) is 0. The SMILES string of the molecule is COc1ccc(F)cc1C(N)c1ccc(F)cn1. The fraction of sp³-hybridized carbons (Fsp3) is 0.154. The zero-order valence-electron chi connectivity index (χ0n) is 9.73. The quantitative estimate of drug-likeness (QED) is 0.910. The smallest absolute Gasteiger partial charge is 0.141 e. The minimum atomic E-state index is -0.670. The lowest BCUT2D eigenvalue weighted by molar-refractivity contribution is 0.406. The Labute approximate surface area is 103 Å². The first-order valence-corrected chi connectivity index (χ1v) is 5.32. The van der Waals surface area contributed by atoms with Gasteiger partial charge in [-0.3, -0.25) is 4.98 Å². The highest BCUT2D eigenvalue weighted by Gasteiger charge is 2.16. The lowest BCUT2D eigenvalue weighted by Crippen LogP contribution is -2.15. The number of aromatic nitrogens is 1. The average Bonchev–Trinajstić information content (AvgIpc) is 2.39. The Hall–Kier alpha value is -2.01. The molecule has 0 saturated carbocycles. The third-order valence-corrected chi connectivity index (χ3v) is 2.60. The van der Waals surface area contributed by atoms with Crippen LogP contribution in [0.25, 0.3) is 0 Å². The third-order valence-electron chi connectivity index (χ3n) is 2.60. The van der Waals surface area contributed by atoms with Crippen LogP contribution in [0, 0.1) is 11.6 Å². The van der Waals surface area contributed by atoms with E-state index < -0.39 is 17.7 Å². The Kier molecular flexibility index (Phi) is 3.53. The van der Waals surface area contributed by atoms with Crippen LogP contribution in [0.1, 0.15) is 17.3 Å². The summed E-state index contributed by atoms with van der Waals surface area (Å²) in [7, 11) is 1.47. The average molecular weight is 250 g/mol. The first kappa shape index (κ1) is 12.4. The third kappa shape index (κ3) is 2.46. The molecule has 0 aliphatic carbocycles. The maximum absolute atomic E-state index is 13.2. The molecule has 18 heavy (non-hydrogen) atoms. The van der Waals surface area contributed by atoms with Crippen molar-refractivity contribution in [2.45, 2.75) is 6.04 Å².